The summed E-state index contributed by atoms with van der Waals surface area (Å²) in [5.74, 6) is 0. The fourth-order valence-corrected chi connectivity index (χ4v) is 2.94. The second-order valence-electron chi connectivity index (χ2n) is 2.85. The summed E-state index contributed by atoms with van der Waals surface area (Å²) in [6.07, 6.45) is -4.93. The molecule has 4 nitrogen and oxygen atoms in total. The first kappa shape index (κ1) is 17.8. The van der Waals surface area contributed by atoms with Gasteiger partial charge in [0.1, 0.15) is 4.90 Å². The minimum absolute atomic E-state index is 0. The first-order chi connectivity index (χ1) is 7.03. The molecule has 0 amide bonds. The summed E-state index contributed by atoms with van der Waals surface area (Å²) in [5, 5.41) is 0. The van der Waals surface area contributed by atoms with Gasteiger partial charge in [-0.2, -0.15) is 21.6 Å². The Balaban J connectivity index is 0. The number of rotatable bonds is 1. The number of benzene rings is 1. The number of anilines is 1. The third-order valence-electron chi connectivity index (χ3n) is 1.63. The largest absolute Gasteiger partial charge is 1.00 e. The Morgan fingerprint density at radius 2 is 1.82 bits per heavy atom. The summed E-state index contributed by atoms with van der Waals surface area (Å²) in [5.41, 5.74) is 3.38. The van der Waals surface area contributed by atoms with Gasteiger partial charge in [0.15, 0.2) is 0 Å². The molecule has 17 heavy (non-hydrogen) atoms. The predicted octanol–water partition coefficient (Wildman–Crippen LogP) is -0.587. The van der Waals surface area contributed by atoms with Gasteiger partial charge in [-0.05, 0) is 28.1 Å². The molecule has 0 spiro atoms. The Morgan fingerprint density at radius 3 is 2.18 bits per heavy atom. The molecule has 10 heteroatoms. The van der Waals surface area contributed by atoms with Gasteiger partial charge in [0.25, 0.3) is 10.1 Å². The quantitative estimate of drug-likeness (QED) is 0.399. The van der Waals surface area contributed by atoms with Gasteiger partial charge in [-0.15, -0.1) is 0 Å². The number of nitrogens with two attached hydrogens (primary N) is 1. The van der Waals surface area contributed by atoms with E-state index in [4.69, 9.17) is 10.3 Å². The maximum atomic E-state index is 12.5. The summed E-state index contributed by atoms with van der Waals surface area (Å²) in [6, 6.07) is 1.40. The van der Waals surface area contributed by atoms with E-state index in [9.17, 15) is 21.6 Å². The van der Waals surface area contributed by atoms with Crippen molar-refractivity contribution in [2.75, 3.05) is 5.73 Å². The van der Waals surface area contributed by atoms with Crippen molar-refractivity contribution in [2.45, 2.75) is 11.1 Å². The third-order valence-corrected chi connectivity index (χ3v) is 3.47. The van der Waals surface area contributed by atoms with Gasteiger partial charge in [-0.25, -0.2) is 0 Å². The van der Waals surface area contributed by atoms with E-state index in [1.807, 2.05) is 0 Å². The van der Waals surface area contributed by atoms with E-state index in [-0.39, 0.29) is 58.5 Å². The maximum absolute atomic E-state index is 12.5. The van der Waals surface area contributed by atoms with Crippen LogP contribution in [-0.2, 0) is 16.3 Å². The van der Waals surface area contributed by atoms with Crippen LogP contribution in [-0.4, -0.2) is 13.0 Å². The van der Waals surface area contributed by atoms with Crippen molar-refractivity contribution in [2.24, 2.45) is 0 Å². The van der Waals surface area contributed by atoms with Crippen molar-refractivity contribution in [1.82, 2.24) is 0 Å². The monoisotopic (exact) mass is 359 g/mol. The Labute approximate surface area is 148 Å². The van der Waals surface area contributed by atoms with Crippen molar-refractivity contribution in [1.29, 1.82) is 0 Å². The van der Waals surface area contributed by atoms with Crippen LogP contribution in [0.25, 0.3) is 0 Å². The molecular weight excluding hydrogens is 354 g/mol. The zero-order valence-corrected chi connectivity index (χ0v) is 13.9. The molecular formula is C7H6BrF3KNO3S. The molecule has 0 saturated carbocycles. The molecule has 0 radical (unpaired) electrons. The van der Waals surface area contributed by atoms with Crippen molar-refractivity contribution in [3.05, 3.63) is 22.2 Å². The van der Waals surface area contributed by atoms with E-state index < -0.39 is 31.2 Å². The minimum atomic E-state index is -4.99. The topological polar surface area (TPSA) is 80.4 Å². The first-order valence-electron chi connectivity index (χ1n) is 3.67. The standard InChI is InChI=1S/C7H5BrF3NO3S.K.H/c8-5-2-3(12)1-4(7(9,10)11)6(5)16(13,14)15;;/h1-2H,12H2,(H,13,14,15);;/q;+1;-1. The Kier molecular flexibility index (Phi) is 6.15. The normalized spacial score (nSPS) is 12.1. The Morgan fingerprint density at radius 1 is 1.35 bits per heavy atom. The smallest absolute Gasteiger partial charge is 1.00 e. The molecule has 0 unspecified atom stereocenters. The molecule has 1 aromatic rings. The van der Waals surface area contributed by atoms with Gasteiger partial charge in [0.05, 0.1) is 5.56 Å². The second-order valence-corrected chi connectivity index (χ2v) is 5.06. The fraction of sp³-hybridized carbons (Fsp3) is 0.143. The van der Waals surface area contributed by atoms with Crippen LogP contribution in [0.5, 0.6) is 0 Å². The molecule has 0 bridgehead atoms. The van der Waals surface area contributed by atoms with Gasteiger partial charge >= 0.3 is 57.6 Å². The van der Waals surface area contributed by atoms with Gasteiger partial charge in [0.2, 0.25) is 0 Å². The summed E-state index contributed by atoms with van der Waals surface area (Å²) in [6.45, 7) is 0. The number of halogens is 4. The van der Waals surface area contributed by atoms with Crippen LogP contribution < -0.4 is 57.1 Å². The van der Waals surface area contributed by atoms with Crippen molar-refractivity contribution < 1.29 is 79.0 Å². The molecule has 0 aliphatic heterocycles. The van der Waals surface area contributed by atoms with E-state index in [0.717, 1.165) is 6.07 Å². The van der Waals surface area contributed by atoms with Crippen LogP contribution in [0.3, 0.4) is 0 Å². The minimum Gasteiger partial charge on any atom is -1.00 e. The molecule has 0 heterocycles. The average Bonchev–Trinajstić information content (AvgIpc) is 1.97. The Hall–Kier alpha value is 0.836. The fourth-order valence-electron chi connectivity index (χ4n) is 1.09. The van der Waals surface area contributed by atoms with Gasteiger partial charge in [0, 0.05) is 10.2 Å². The predicted molar refractivity (Wildman–Crippen MR) is 54.5 cm³/mol. The zero-order valence-electron chi connectivity index (χ0n) is 9.42. The summed E-state index contributed by atoms with van der Waals surface area (Å²) in [7, 11) is -4.99. The molecule has 0 aliphatic rings. The van der Waals surface area contributed by atoms with E-state index in [1.54, 1.807) is 0 Å². The average molecular weight is 360 g/mol. The van der Waals surface area contributed by atoms with Crippen LogP contribution in [0, 0.1) is 0 Å². The summed E-state index contributed by atoms with van der Waals surface area (Å²) in [4.78, 5) is -1.24. The molecule has 3 N–H and O–H groups in total. The van der Waals surface area contributed by atoms with Gasteiger partial charge < -0.3 is 7.16 Å². The number of hydrogen-bond donors (Lipinski definition) is 2. The zero-order chi connectivity index (χ0) is 12.7. The molecule has 0 aromatic heterocycles. The van der Waals surface area contributed by atoms with Gasteiger partial charge in [-0.3, -0.25) is 4.55 Å². The maximum Gasteiger partial charge on any atom is 1.00 e. The van der Waals surface area contributed by atoms with Crippen molar-refractivity contribution in [3.8, 4) is 0 Å². The molecule has 0 atom stereocenters. The molecule has 0 saturated heterocycles. The molecule has 1 aromatic carbocycles. The van der Waals surface area contributed by atoms with Crippen molar-refractivity contribution in [3.63, 3.8) is 0 Å². The summed E-state index contributed by atoms with van der Waals surface area (Å²) >= 11 is 2.61. The first-order valence-corrected chi connectivity index (χ1v) is 5.90. The second kappa shape index (κ2) is 5.86. The summed E-state index contributed by atoms with van der Waals surface area (Å²) < 4.78 is 67.4. The van der Waals surface area contributed by atoms with E-state index in [0.29, 0.717) is 6.07 Å². The van der Waals surface area contributed by atoms with Crippen LogP contribution >= 0.6 is 15.9 Å². The molecule has 0 aliphatic carbocycles. The number of alkyl halides is 3. The van der Waals surface area contributed by atoms with Crippen LogP contribution in [0.4, 0.5) is 18.9 Å². The van der Waals surface area contributed by atoms with Crippen molar-refractivity contribution >= 4 is 31.7 Å². The molecule has 92 valence electrons. The SMILES string of the molecule is Nc1cc(Br)c(S(=O)(=O)O)c(C(F)(F)F)c1.[H-].[K+]. The van der Waals surface area contributed by atoms with E-state index in [1.165, 1.54) is 0 Å². The molecule has 1 rings (SSSR count). The Bertz CT molecular complexity index is 537. The van der Waals surface area contributed by atoms with E-state index in [2.05, 4.69) is 15.9 Å². The number of nitrogen functional groups attached to an aromatic ring is 1. The van der Waals surface area contributed by atoms with E-state index >= 15 is 0 Å². The third kappa shape index (κ3) is 4.46. The van der Waals surface area contributed by atoms with Crippen LogP contribution in [0.1, 0.15) is 6.99 Å². The van der Waals surface area contributed by atoms with Crippen LogP contribution in [0.2, 0.25) is 0 Å². The molecule has 0 fully saturated rings. The van der Waals surface area contributed by atoms with Gasteiger partial charge in [-0.1, -0.05) is 0 Å². The van der Waals surface area contributed by atoms with Crippen LogP contribution in [0.15, 0.2) is 21.5 Å². The number of hydrogen-bond acceptors (Lipinski definition) is 3.